The smallest absolute Gasteiger partial charge is 0.338 e. The fraction of sp³-hybridized carbons (Fsp3) is 0.360. The molecule has 0 unspecified atom stereocenters. The number of fused-ring (bicyclic) bond motifs is 1. The molecular formula is C25H26O11. The summed E-state index contributed by atoms with van der Waals surface area (Å²) in [7, 11) is 0. The minimum Gasteiger partial charge on any atom is -0.508 e. The van der Waals surface area contributed by atoms with E-state index in [0.717, 1.165) is 12.5 Å². The summed E-state index contributed by atoms with van der Waals surface area (Å²) < 4.78 is 21.8. The molecule has 0 aliphatic carbocycles. The van der Waals surface area contributed by atoms with E-state index in [-0.39, 0.29) is 34.8 Å². The number of ether oxygens (including phenoxy) is 3. The molecule has 36 heavy (non-hydrogen) atoms. The first-order valence-electron chi connectivity index (χ1n) is 11.3. The van der Waals surface area contributed by atoms with E-state index in [0.29, 0.717) is 12.0 Å². The van der Waals surface area contributed by atoms with E-state index in [1.165, 1.54) is 36.4 Å². The molecule has 0 amide bonds. The summed E-state index contributed by atoms with van der Waals surface area (Å²) >= 11 is 0. The van der Waals surface area contributed by atoms with Crippen LogP contribution in [0.15, 0.2) is 51.7 Å². The van der Waals surface area contributed by atoms with Gasteiger partial charge < -0.3 is 44.2 Å². The second kappa shape index (κ2) is 10.5. The molecule has 0 bridgehead atoms. The van der Waals surface area contributed by atoms with Gasteiger partial charge in [0.15, 0.2) is 11.5 Å². The Morgan fingerprint density at radius 1 is 1.00 bits per heavy atom. The molecule has 192 valence electrons. The Morgan fingerprint density at radius 3 is 2.42 bits per heavy atom. The van der Waals surface area contributed by atoms with Crippen LogP contribution in [-0.4, -0.2) is 68.8 Å². The highest BCUT2D eigenvalue weighted by molar-refractivity contribution is 5.86. The van der Waals surface area contributed by atoms with Gasteiger partial charge in [-0.05, 0) is 30.7 Å². The van der Waals surface area contributed by atoms with Crippen molar-refractivity contribution in [3.8, 4) is 28.6 Å². The van der Waals surface area contributed by atoms with Crippen LogP contribution in [0.2, 0.25) is 0 Å². The number of aliphatic hydroxyl groups is 3. The topological polar surface area (TPSA) is 176 Å². The zero-order valence-electron chi connectivity index (χ0n) is 19.2. The summed E-state index contributed by atoms with van der Waals surface area (Å²) in [5.41, 5.74) is -0.0991. The lowest BCUT2D eigenvalue weighted by molar-refractivity contribution is -0.272. The minimum atomic E-state index is -1.79. The van der Waals surface area contributed by atoms with Crippen molar-refractivity contribution < 1.29 is 49.0 Å². The molecule has 1 aliphatic rings. The van der Waals surface area contributed by atoms with Crippen molar-refractivity contribution in [1.29, 1.82) is 0 Å². The van der Waals surface area contributed by atoms with E-state index in [2.05, 4.69) is 0 Å². The molecule has 2 heterocycles. The standard InChI is InChI=1S/C25H26O11/c1-2-3-8-33-24(32)23-21(30)20(29)22(31)25(36-23)34-14-9-15(27)19-16(28)11-17(35-18(19)10-14)12-4-6-13(26)7-5-12/h4-7,9-11,20-23,25-27,29-31H,2-3,8H2,1H3/t20-,21-,22+,23-,25+/m1/s1. The van der Waals surface area contributed by atoms with E-state index in [9.17, 15) is 35.1 Å². The molecule has 3 aromatic rings. The second-order valence-corrected chi connectivity index (χ2v) is 8.37. The number of benzene rings is 2. The zero-order chi connectivity index (χ0) is 26.0. The normalized spacial score (nSPS) is 23.9. The quantitative estimate of drug-likeness (QED) is 0.233. The van der Waals surface area contributed by atoms with Gasteiger partial charge in [0.05, 0.1) is 6.61 Å². The third-order valence-corrected chi connectivity index (χ3v) is 5.73. The van der Waals surface area contributed by atoms with Crippen LogP contribution in [-0.2, 0) is 14.3 Å². The second-order valence-electron chi connectivity index (χ2n) is 8.37. The maximum Gasteiger partial charge on any atom is 0.338 e. The number of aromatic hydroxyl groups is 2. The van der Waals surface area contributed by atoms with Crippen LogP contribution in [0.1, 0.15) is 19.8 Å². The van der Waals surface area contributed by atoms with Crippen LogP contribution in [0, 0.1) is 0 Å². The Labute approximate surface area is 204 Å². The fourth-order valence-corrected chi connectivity index (χ4v) is 3.75. The monoisotopic (exact) mass is 502 g/mol. The van der Waals surface area contributed by atoms with Crippen LogP contribution >= 0.6 is 0 Å². The number of aliphatic hydroxyl groups excluding tert-OH is 3. The Bertz CT molecular complexity index is 1280. The fourth-order valence-electron chi connectivity index (χ4n) is 3.75. The lowest BCUT2D eigenvalue weighted by Crippen LogP contribution is -2.61. The third-order valence-electron chi connectivity index (χ3n) is 5.73. The number of phenolic OH excluding ortho intramolecular Hbond substituents is 2. The first kappa shape index (κ1) is 25.5. The Hall–Kier alpha value is -3.64. The highest BCUT2D eigenvalue weighted by Gasteiger charge is 2.48. The van der Waals surface area contributed by atoms with E-state index >= 15 is 0 Å². The van der Waals surface area contributed by atoms with E-state index in [1.54, 1.807) is 0 Å². The van der Waals surface area contributed by atoms with Crippen LogP contribution in [0.25, 0.3) is 22.3 Å². The van der Waals surface area contributed by atoms with Crippen molar-refractivity contribution in [1.82, 2.24) is 0 Å². The Balaban J connectivity index is 1.62. The SMILES string of the molecule is CCCCOC(=O)[C@@H]1O[C@H](Oc2cc(O)c3c(=O)cc(-c4ccc(O)cc4)oc3c2)[C@@H](O)[C@H](O)[C@H]1O. The summed E-state index contributed by atoms with van der Waals surface area (Å²) in [6.45, 7) is 1.99. The molecule has 1 fully saturated rings. The van der Waals surface area contributed by atoms with Gasteiger partial charge in [-0.2, -0.15) is 0 Å². The van der Waals surface area contributed by atoms with Crippen LogP contribution in [0.5, 0.6) is 17.2 Å². The maximum absolute atomic E-state index is 12.6. The van der Waals surface area contributed by atoms with E-state index < -0.39 is 47.9 Å². The zero-order valence-corrected chi connectivity index (χ0v) is 19.2. The Morgan fingerprint density at radius 2 is 1.72 bits per heavy atom. The molecule has 0 spiro atoms. The van der Waals surface area contributed by atoms with Crippen LogP contribution < -0.4 is 10.2 Å². The maximum atomic E-state index is 12.6. The van der Waals surface area contributed by atoms with Gasteiger partial charge >= 0.3 is 5.97 Å². The number of carbonyl (C=O) groups excluding carboxylic acids is 1. The molecule has 1 saturated heterocycles. The van der Waals surface area contributed by atoms with Gasteiger partial charge in [0.2, 0.25) is 6.29 Å². The highest BCUT2D eigenvalue weighted by Crippen LogP contribution is 2.33. The molecule has 2 aromatic carbocycles. The lowest BCUT2D eigenvalue weighted by Gasteiger charge is -2.39. The molecule has 0 saturated carbocycles. The van der Waals surface area contributed by atoms with Crippen molar-refractivity contribution in [2.75, 3.05) is 6.61 Å². The van der Waals surface area contributed by atoms with Crippen molar-refractivity contribution >= 4 is 16.9 Å². The van der Waals surface area contributed by atoms with Gasteiger partial charge in [-0.1, -0.05) is 13.3 Å². The van der Waals surface area contributed by atoms with E-state index in [4.69, 9.17) is 18.6 Å². The molecular weight excluding hydrogens is 476 g/mol. The van der Waals surface area contributed by atoms with Crippen molar-refractivity contribution in [2.24, 2.45) is 0 Å². The van der Waals surface area contributed by atoms with Crippen LogP contribution in [0.3, 0.4) is 0 Å². The third kappa shape index (κ3) is 5.14. The lowest BCUT2D eigenvalue weighted by atomic mass is 9.99. The number of esters is 1. The predicted molar refractivity (Wildman–Crippen MR) is 124 cm³/mol. The van der Waals surface area contributed by atoms with Gasteiger partial charge in [0.1, 0.15) is 52.3 Å². The summed E-state index contributed by atoms with van der Waals surface area (Å²) in [5, 5.41) is 50.6. The van der Waals surface area contributed by atoms with E-state index in [1.807, 2.05) is 6.92 Å². The summed E-state index contributed by atoms with van der Waals surface area (Å²) in [6, 6.07) is 9.46. The first-order valence-corrected chi connectivity index (χ1v) is 11.3. The first-order chi connectivity index (χ1) is 17.2. The molecule has 4 rings (SSSR count). The number of hydrogen-bond donors (Lipinski definition) is 5. The summed E-state index contributed by atoms with van der Waals surface area (Å²) in [6.07, 6.45) is -7.20. The van der Waals surface area contributed by atoms with Gasteiger partial charge in [-0.3, -0.25) is 4.79 Å². The number of rotatable bonds is 7. The largest absolute Gasteiger partial charge is 0.508 e. The minimum absolute atomic E-state index is 0.0288. The molecule has 5 atom stereocenters. The average Bonchev–Trinajstić information content (AvgIpc) is 2.84. The molecule has 11 heteroatoms. The van der Waals surface area contributed by atoms with Crippen molar-refractivity contribution in [3.05, 3.63) is 52.7 Å². The summed E-state index contributed by atoms with van der Waals surface area (Å²) in [5.74, 6) is -1.33. The molecule has 5 N–H and O–H groups in total. The van der Waals surface area contributed by atoms with Crippen molar-refractivity contribution in [3.63, 3.8) is 0 Å². The average molecular weight is 502 g/mol. The predicted octanol–water partition coefficient (Wildman–Crippen LogP) is 1.40. The molecule has 11 nitrogen and oxygen atoms in total. The van der Waals surface area contributed by atoms with Gasteiger partial charge in [0, 0.05) is 23.8 Å². The highest BCUT2D eigenvalue weighted by atomic mass is 16.7. The number of carbonyl (C=O) groups is 1. The Kier molecular flexibility index (Phi) is 7.45. The van der Waals surface area contributed by atoms with Crippen molar-refractivity contribution in [2.45, 2.75) is 50.5 Å². The van der Waals surface area contributed by atoms with Crippen LogP contribution in [0.4, 0.5) is 0 Å². The number of phenols is 2. The van der Waals surface area contributed by atoms with Gasteiger partial charge in [0.25, 0.3) is 0 Å². The molecule has 1 aromatic heterocycles. The molecule has 1 aliphatic heterocycles. The summed E-state index contributed by atoms with van der Waals surface area (Å²) in [4.78, 5) is 25.0. The molecule has 0 radical (unpaired) electrons. The van der Waals surface area contributed by atoms with Gasteiger partial charge in [-0.25, -0.2) is 4.79 Å². The number of unbranched alkanes of at least 4 members (excludes halogenated alkanes) is 1. The van der Waals surface area contributed by atoms with Gasteiger partial charge in [-0.15, -0.1) is 0 Å². The number of hydrogen-bond acceptors (Lipinski definition) is 11.